The molecule has 1 saturated heterocycles. The van der Waals surface area contributed by atoms with Crippen molar-refractivity contribution in [2.45, 2.75) is 65.5 Å². The average molecular weight is 384 g/mol. The van der Waals surface area contributed by atoms with Crippen LogP contribution in [0.2, 0.25) is 0 Å². The van der Waals surface area contributed by atoms with Crippen molar-refractivity contribution < 1.29 is 14.3 Å². The van der Waals surface area contributed by atoms with Gasteiger partial charge in [-0.2, -0.15) is 5.10 Å². The normalized spacial score (nSPS) is 18.0. The van der Waals surface area contributed by atoms with Crippen LogP contribution in [0.15, 0.2) is 24.4 Å². The Bertz CT molecular complexity index is 844. The van der Waals surface area contributed by atoms with E-state index in [1.807, 2.05) is 24.8 Å². The molecule has 28 heavy (non-hydrogen) atoms. The molecule has 0 aliphatic carbocycles. The first-order valence-corrected chi connectivity index (χ1v) is 9.92. The number of esters is 1. The second-order valence-corrected chi connectivity index (χ2v) is 7.38. The monoisotopic (exact) mass is 384 g/mol. The van der Waals surface area contributed by atoms with Gasteiger partial charge in [0.1, 0.15) is 0 Å². The number of aromatic nitrogens is 3. The molecule has 0 radical (unpaired) electrons. The molecule has 1 aliphatic rings. The highest BCUT2D eigenvalue weighted by Gasteiger charge is 2.30. The highest BCUT2D eigenvalue weighted by atomic mass is 16.5. The number of pyridine rings is 1. The molecule has 0 N–H and O–H groups in total. The summed E-state index contributed by atoms with van der Waals surface area (Å²) in [6.45, 7) is 8.32. The lowest BCUT2D eigenvalue weighted by Crippen LogP contribution is -2.48. The molecular weight excluding hydrogens is 356 g/mol. The molecule has 7 heteroatoms. The Balaban J connectivity index is 1.65. The van der Waals surface area contributed by atoms with E-state index in [0.29, 0.717) is 11.4 Å². The Hall–Kier alpha value is -2.70. The van der Waals surface area contributed by atoms with Crippen molar-refractivity contribution >= 4 is 11.9 Å². The summed E-state index contributed by atoms with van der Waals surface area (Å²) in [5.41, 5.74) is 2.18. The number of piperidine rings is 1. The van der Waals surface area contributed by atoms with Gasteiger partial charge in [-0.25, -0.2) is 14.5 Å². The van der Waals surface area contributed by atoms with Crippen molar-refractivity contribution in [3.8, 4) is 5.82 Å². The zero-order chi connectivity index (χ0) is 20.3. The molecule has 2 aromatic rings. The number of rotatable bonds is 5. The van der Waals surface area contributed by atoms with Crippen LogP contribution in [0, 0.1) is 13.8 Å². The van der Waals surface area contributed by atoms with Crippen LogP contribution in [0.25, 0.3) is 5.82 Å². The molecule has 1 fully saturated rings. The maximum atomic E-state index is 12.7. The number of carbonyl (C=O) groups excluding carboxylic acids is 2. The summed E-state index contributed by atoms with van der Waals surface area (Å²) in [6, 6.07) is 5.57. The zero-order valence-electron chi connectivity index (χ0n) is 17.0. The summed E-state index contributed by atoms with van der Waals surface area (Å²) in [5, 5.41) is 4.38. The molecule has 150 valence electrons. The topological polar surface area (TPSA) is 77.3 Å². The minimum Gasteiger partial charge on any atom is -0.449 e. The SMILES string of the molecule is CCC1CCCCN1C(=O)C(C)OC(=O)c1ccc(-n2nc(C)cc2C)nc1. The Morgan fingerprint density at radius 1 is 1.29 bits per heavy atom. The van der Waals surface area contributed by atoms with Crippen molar-refractivity contribution in [2.75, 3.05) is 6.54 Å². The molecule has 0 bridgehead atoms. The van der Waals surface area contributed by atoms with E-state index in [-0.39, 0.29) is 11.9 Å². The van der Waals surface area contributed by atoms with Gasteiger partial charge in [-0.3, -0.25) is 4.79 Å². The lowest BCUT2D eigenvalue weighted by atomic mass is 9.99. The van der Waals surface area contributed by atoms with Crippen LogP contribution in [0.5, 0.6) is 0 Å². The Morgan fingerprint density at radius 2 is 2.07 bits per heavy atom. The van der Waals surface area contributed by atoms with Crippen molar-refractivity contribution in [3.05, 3.63) is 41.3 Å². The van der Waals surface area contributed by atoms with Crippen LogP contribution in [-0.2, 0) is 9.53 Å². The molecule has 0 aromatic carbocycles. The van der Waals surface area contributed by atoms with E-state index in [2.05, 4.69) is 17.0 Å². The summed E-state index contributed by atoms with van der Waals surface area (Å²) >= 11 is 0. The van der Waals surface area contributed by atoms with E-state index >= 15 is 0 Å². The first-order valence-electron chi connectivity index (χ1n) is 9.92. The molecule has 2 atom stereocenters. The van der Waals surface area contributed by atoms with Gasteiger partial charge in [0, 0.05) is 24.5 Å². The molecule has 0 saturated carbocycles. The van der Waals surface area contributed by atoms with E-state index in [0.717, 1.165) is 43.6 Å². The first-order chi connectivity index (χ1) is 13.4. The summed E-state index contributed by atoms with van der Waals surface area (Å²) < 4.78 is 7.15. The maximum Gasteiger partial charge on any atom is 0.340 e. The highest BCUT2D eigenvalue weighted by Crippen LogP contribution is 2.21. The number of nitrogens with zero attached hydrogens (tertiary/aromatic N) is 4. The number of likely N-dealkylation sites (tertiary alicyclic amines) is 1. The van der Waals surface area contributed by atoms with E-state index in [9.17, 15) is 9.59 Å². The third-order valence-corrected chi connectivity index (χ3v) is 5.22. The lowest BCUT2D eigenvalue weighted by molar-refractivity contribution is -0.143. The maximum absolute atomic E-state index is 12.7. The molecular formula is C21H28N4O3. The third-order valence-electron chi connectivity index (χ3n) is 5.22. The number of amides is 1. The average Bonchev–Trinajstić information content (AvgIpc) is 3.05. The number of carbonyl (C=O) groups is 2. The summed E-state index contributed by atoms with van der Waals surface area (Å²) in [6.07, 6.45) is 4.73. The van der Waals surface area contributed by atoms with Crippen molar-refractivity contribution in [1.29, 1.82) is 0 Å². The standard InChI is InChI=1S/C21H28N4O3/c1-5-18-8-6-7-11-24(18)20(26)16(4)28-21(27)17-9-10-19(22-13-17)25-15(3)12-14(2)23-25/h9-10,12-13,16,18H,5-8,11H2,1-4H3. The second kappa shape index (κ2) is 8.54. The fourth-order valence-electron chi connectivity index (χ4n) is 3.72. The van der Waals surface area contributed by atoms with E-state index in [4.69, 9.17) is 4.74 Å². The van der Waals surface area contributed by atoms with Crippen molar-refractivity contribution in [2.24, 2.45) is 0 Å². The lowest BCUT2D eigenvalue weighted by Gasteiger charge is -2.36. The predicted molar refractivity (Wildman–Crippen MR) is 105 cm³/mol. The molecule has 1 aliphatic heterocycles. The van der Waals surface area contributed by atoms with Crippen LogP contribution in [0.1, 0.15) is 61.3 Å². The van der Waals surface area contributed by atoms with Gasteiger partial charge in [-0.15, -0.1) is 0 Å². The molecule has 0 spiro atoms. The van der Waals surface area contributed by atoms with Crippen LogP contribution in [0.3, 0.4) is 0 Å². The highest BCUT2D eigenvalue weighted by molar-refractivity contribution is 5.92. The van der Waals surface area contributed by atoms with Crippen LogP contribution in [0.4, 0.5) is 0 Å². The Labute approximate surface area is 165 Å². The van der Waals surface area contributed by atoms with E-state index in [1.54, 1.807) is 23.7 Å². The Kier molecular flexibility index (Phi) is 6.11. The van der Waals surface area contributed by atoms with E-state index < -0.39 is 12.1 Å². The number of ether oxygens (including phenoxy) is 1. The minimum atomic E-state index is -0.810. The quantitative estimate of drug-likeness (QED) is 0.740. The molecule has 3 heterocycles. The second-order valence-electron chi connectivity index (χ2n) is 7.38. The molecule has 2 unspecified atom stereocenters. The number of hydrogen-bond acceptors (Lipinski definition) is 5. The fraction of sp³-hybridized carbons (Fsp3) is 0.524. The number of aryl methyl sites for hydroxylation is 2. The summed E-state index contributed by atoms with van der Waals surface area (Å²) in [7, 11) is 0. The minimum absolute atomic E-state index is 0.118. The van der Waals surface area contributed by atoms with Gasteiger partial charge in [-0.1, -0.05) is 6.92 Å². The largest absolute Gasteiger partial charge is 0.449 e. The predicted octanol–water partition coefficient (Wildman–Crippen LogP) is 3.22. The molecule has 3 rings (SSSR count). The van der Waals surface area contributed by atoms with Crippen LogP contribution in [-0.4, -0.2) is 50.2 Å². The summed E-state index contributed by atoms with van der Waals surface area (Å²) in [5.74, 6) is -0.0316. The van der Waals surface area contributed by atoms with Gasteiger partial charge < -0.3 is 9.64 Å². The molecule has 7 nitrogen and oxygen atoms in total. The fourth-order valence-corrected chi connectivity index (χ4v) is 3.72. The first kappa shape index (κ1) is 20.0. The smallest absolute Gasteiger partial charge is 0.340 e. The van der Waals surface area contributed by atoms with Gasteiger partial charge in [0.25, 0.3) is 5.91 Å². The zero-order valence-corrected chi connectivity index (χ0v) is 17.0. The van der Waals surface area contributed by atoms with E-state index in [1.165, 1.54) is 6.20 Å². The van der Waals surface area contributed by atoms with Crippen LogP contribution < -0.4 is 0 Å². The van der Waals surface area contributed by atoms with Crippen LogP contribution >= 0.6 is 0 Å². The Morgan fingerprint density at radius 3 is 2.68 bits per heavy atom. The molecule has 2 aromatic heterocycles. The third kappa shape index (κ3) is 4.24. The van der Waals surface area contributed by atoms with Crippen molar-refractivity contribution in [3.63, 3.8) is 0 Å². The van der Waals surface area contributed by atoms with Gasteiger partial charge in [0.05, 0.1) is 11.3 Å². The molecule has 1 amide bonds. The van der Waals surface area contributed by atoms with Gasteiger partial charge in [0.15, 0.2) is 11.9 Å². The van der Waals surface area contributed by atoms with Crippen molar-refractivity contribution in [1.82, 2.24) is 19.7 Å². The number of hydrogen-bond donors (Lipinski definition) is 0. The van der Waals surface area contributed by atoms with Gasteiger partial charge >= 0.3 is 5.97 Å². The van der Waals surface area contributed by atoms with Gasteiger partial charge in [-0.05, 0) is 64.7 Å². The van der Waals surface area contributed by atoms with Gasteiger partial charge in [0.2, 0.25) is 0 Å². The summed E-state index contributed by atoms with van der Waals surface area (Å²) in [4.78, 5) is 31.4.